The number of hydrogen-bond donors (Lipinski definition) is 1. The maximum atomic E-state index is 10.5. The number of rotatable bonds is 6. The van der Waals surface area contributed by atoms with E-state index >= 15 is 0 Å². The van der Waals surface area contributed by atoms with Gasteiger partial charge in [0.15, 0.2) is 0 Å². The van der Waals surface area contributed by atoms with E-state index in [1.54, 1.807) is 11.0 Å². The molecule has 1 aromatic carbocycles. The Morgan fingerprint density at radius 1 is 1.26 bits per heavy atom. The maximum Gasteiger partial charge on any atom is 0.328 e. The molecule has 0 saturated carbocycles. The maximum absolute atomic E-state index is 10.5. The van der Waals surface area contributed by atoms with Gasteiger partial charge >= 0.3 is 5.97 Å². The molecule has 0 aliphatic carbocycles. The molecule has 0 atom stereocenters. The van der Waals surface area contributed by atoms with Crippen molar-refractivity contribution in [1.29, 1.82) is 10.5 Å². The van der Waals surface area contributed by atoms with Gasteiger partial charge in [0.2, 0.25) is 0 Å². The normalized spacial score (nSPS) is 10.3. The molecule has 0 aliphatic heterocycles. The van der Waals surface area contributed by atoms with E-state index in [4.69, 9.17) is 15.6 Å². The number of carboxylic acids is 1. The van der Waals surface area contributed by atoms with Crippen LogP contribution in [0.5, 0.6) is 0 Å². The quantitative estimate of drug-likeness (QED) is 0.616. The van der Waals surface area contributed by atoms with Crippen LogP contribution in [0.4, 0.5) is 0 Å². The monoisotopic (exact) mass is 255 g/mol. The summed E-state index contributed by atoms with van der Waals surface area (Å²) < 4.78 is 0. The van der Waals surface area contributed by atoms with E-state index < -0.39 is 5.97 Å². The van der Waals surface area contributed by atoms with Gasteiger partial charge in [-0.05, 0) is 17.2 Å². The van der Waals surface area contributed by atoms with Crippen molar-refractivity contribution in [3.05, 3.63) is 41.5 Å². The summed E-state index contributed by atoms with van der Waals surface area (Å²) in [6.07, 6.45) is 2.58. The summed E-state index contributed by atoms with van der Waals surface area (Å²) >= 11 is 0. The smallest absolute Gasteiger partial charge is 0.328 e. The Morgan fingerprint density at radius 3 is 2.47 bits per heavy atom. The first-order valence-corrected chi connectivity index (χ1v) is 5.62. The van der Waals surface area contributed by atoms with E-state index in [2.05, 4.69) is 0 Å². The van der Waals surface area contributed by atoms with Crippen molar-refractivity contribution in [2.45, 2.75) is 6.54 Å². The SMILES string of the molecule is N#CCN(CC#N)Cc1ccccc1C=CC(=O)O. The van der Waals surface area contributed by atoms with Gasteiger partial charge in [0, 0.05) is 12.6 Å². The summed E-state index contributed by atoms with van der Waals surface area (Å²) in [5.74, 6) is -1.01. The lowest BCUT2D eigenvalue weighted by Crippen LogP contribution is -2.24. The molecule has 0 aliphatic rings. The average molecular weight is 255 g/mol. The Kier molecular flexibility index (Phi) is 5.81. The molecule has 0 unspecified atom stereocenters. The van der Waals surface area contributed by atoms with Crippen molar-refractivity contribution in [2.75, 3.05) is 13.1 Å². The Balaban J connectivity index is 2.91. The van der Waals surface area contributed by atoms with Gasteiger partial charge in [-0.2, -0.15) is 10.5 Å². The van der Waals surface area contributed by atoms with Crippen molar-refractivity contribution in [1.82, 2.24) is 4.90 Å². The first kappa shape index (κ1) is 14.4. The van der Waals surface area contributed by atoms with E-state index in [1.165, 1.54) is 6.08 Å². The van der Waals surface area contributed by atoms with Gasteiger partial charge in [-0.25, -0.2) is 4.79 Å². The third kappa shape index (κ3) is 5.03. The number of carbonyl (C=O) groups is 1. The number of nitriles is 2. The predicted molar refractivity (Wildman–Crippen MR) is 69.6 cm³/mol. The van der Waals surface area contributed by atoms with E-state index in [9.17, 15) is 4.79 Å². The number of nitrogens with zero attached hydrogens (tertiary/aromatic N) is 3. The third-order valence-electron chi connectivity index (χ3n) is 2.44. The minimum absolute atomic E-state index is 0.157. The van der Waals surface area contributed by atoms with Gasteiger partial charge in [0.1, 0.15) is 0 Å². The van der Waals surface area contributed by atoms with Crippen LogP contribution in [0.3, 0.4) is 0 Å². The van der Waals surface area contributed by atoms with Crippen LogP contribution >= 0.6 is 0 Å². The zero-order valence-corrected chi connectivity index (χ0v) is 10.3. The molecule has 5 nitrogen and oxygen atoms in total. The lowest BCUT2D eigenvalue weighted by atomic mass is 10.1. The van der Waals surface area contributed by atoms with Crippen molar-refractivity contribution >= 4 is 12.0 Å². The molecule has 0 fully saturated rings. The largest absolute Gasteiger partial charge is 0.478 e. The molecule has 1 N–H and O–H groups in total. The molecule has 1 aromatic rings. The second-order valence-electron chi connectivity index (χ2n) is 3.83. The topological polar surface area (TPSA) is 88.1 Å². The Bertz CT molecular complexity index is 537. The molecule has 0 saturated heterocycles. The van der Waals surface area contributed by atoms with Crippen molar-refractivity contribution in [2.24, 2.45) is 0 Å². The molecule has 0 heterocycles. The molecule has 0 aromatic heterocycles. The lowest BCUT2D eigenvalue weighted by Gasteiger charge is -2.16. The van der Waals surface area contributed by atoms with Gasteiger partial charge in [0.25, 0.3) is 0 Å². The van der Waals surface area contributed by atoms with Gasteiger partial charge in [-0.1, -0.05) is 24.3 Å². The number of hydrogen-bond acceptors (Lipinski definition) is 4. The Morgan fingerprint density at radius 2 is 1.89 bits per heavy atom. The fourth-order valence-electron chi connectivity index (χ4n) is 1.61. The molecule has 19 heavy (non-hydrogen) atoms. The van der Waals surface area contributed by atoms with Gasteiger partial charge in [0.05, 0.1) is 25.2 Å². The van der Waals surface area contributed by atoms with E-state index in [1.807, 2.05) is 30.3 Å². The van der Waals surface area contributed by atoms with Gasteiger partial charge in [-0.3, -0.25) is 4.90 Å². The fraction of sp³-hybridized carbons (Fsp3) is 0.214. The van der Waals surface area contributed by atoms with Crippen molar-refractivity contribution < 1.29 is 9.90 Å². The zero-order chi connectivity index (χ0) is 14.1. The number of benzene rings is 1. The minimum atomic E-state index is -1.01. The lowest BCUT2D eigenvalue weighted by molar-refractivity contribution is -0.131. The third-order valence-corrected chi connectivity index (χ3v) is 2.44. The first-order valence-electron chi connectivity index (χ1n) is 5.62. The summed E-state index contributed by atoms with van der Waals surface area (Å²) in [6.45, 7) is 0.746. The second kappa shape index (κ2) is 7.65. The van der Waals surface area contributed by atoms with E-state index in [0.717, 1.165) is 17.2 Å². The highest BCUT2D eigenvalue weighted by molar-refractivity contribution is 5.85. The summed E-state index contributed by atoms with van der Waals surface area (Å²) in [5.41, 5.74) is 1.65. The van der Waals surface area contributed by atoms with Crippen LogP contribution in [0.25, 0.3) is 6.08 Å². The van der Waals surface area contributed by atoms with Crippen molar-refractivity contribution in [3.63, 3.8) is 0 Å². The second-order valence-corrected chi connectivity index (χ2v) is 3.83. The summed E-state index contributed by atoms with van der Waals surface area (Å²) in [4.78, 5) is 12.2. The van der Waals surface area contributed by atoms with Gasteiger partial charge < -0.3 is 5.11 Å². The zero-order valence-electron chi connectivity index (χ0n) is 10.3. The Hall–Kier alpha value is -2.63. The van der Waals surface area contributed by atoms with Crippen LogP contribution in [0.1, 0.15) is 11.1 Å². The minimum Gasteiger partial charge on any atom is -0.478 e. The molecule has 96 valence electrons. The molecule has 5 heteroatoms. The molecule has 1 rings (SSSR count). The number of aliphatic carboxylic acids is 1. The van der Waals surface area contributed by atoms with Crippen LogP contribution in [0.2, 0.25) is 0 Å². The van der Waals surface area contributed by atoms with Crippen LogP contribution < -0.4 is 0 Å². The van der Waals surface area contributed by atoms with E-state index in [-0.39, 0.29) is 13.1 Å². The molecular formula is C14H13N3O2. The van der Waals surface area contributed by atoms with Crippen LogP contribution in [-0.4, -0.2) is 29.1 Å². The fourth-order valence-corrected chi connectivity index (χ4v) is 1.61. The molecule has 0 bridgehead atoms. The summed E-state index contributed by atoms with van der Waals surface area (Å²) in [6, 6.07) is 11.3. The van der Waals surface area contributed by atoms with E-state index in [0.29, 0.717) is 6.54 Å². The highest BCUT2D eigenvalue weighted by Gasteiger charge is 2.07. The molecule has 0 amide bonds. The summed E-state index contributed by atoms with van der Waals surface area (Å²) in [7, 11) is 0. The van der Waals surface area contributed by atoms with Crippen LogP contribution in [-0.2, 0) is 11.3 Å². The predicted octanol–water partition coefficient (Wildman–Crippen LogP) is 1.63. The molecule has 0 radical (unpaired) electrons. The highest BCUT2D eigenvalue weighted by Crippen LogP contribution is 2.13. The number of carboxylic acid groups (broad SMARTS) is 1. The first-order chi connectivity index (χ1) is 9.17. The van der Waals surface area contributed by atoms with Gasteiger partial charge in [-0.15, -0.1) is 0 Å². The standard InChI is InChI=1S/C14H13N3O2/c15-7-9-17(10-8-16)11-13-4-2-1-3-12(13)5-6-14(18)19/h1-6H,9-11H2,(H,18,19). The van der Waals surface area contributed by atoms with Crippen LogP contribution in [0.15, 0.2) is 30.3 Å². The average Bonchev–Trinajstić information content (AvgIpc) is 2.38. The summed E-state index contributed by atoms with van der Waals surface area (Å²) in [5, 5.41) is 26.0. The van der Waals surface area contributed by atoms with Crippen LogP contribution in [0, 0.1) is 22.7 Å². The highest BCUT2D eigenvalue weighted by atomic mass is 16.4. The molecule has 0 spiro atoms. The molecular weight excluding hydrogens is 242 g/mol. The Labute approximate surface area is 111 Å². The van der Waals surface area contributed by atoms with Crippen molar-refractivity contribution in [3.8, 4) is 12.1 Å².